The minimum atomic E-state index is 0.00337. The van der Waals surface area contributed by atoms with Gasteiger partial charge in [0.25, 0.3) is 5.91 Å². The van der Waals surface area contributed by atoms with Gasteiger partial charge in [-0.15, -0.1) is 11.3 Å². The summed E-state index contributed by atoms with van der Waals surface area (Å²) in [5.41, 5.74) is 0. The van der Waals surface area contributed by atoms with Crippen LogP contribution in [0.3, 0.4) is 0 Å². The van der Waals surface area contributed by atoms with Crippen molar-refractivity contribution in [3.05, 3.63) is 46.0 Å². The first-order valence-corrected chi connectivity index (χ1v) is 9.86. The maximum absolute atomic E-state index is 12.4. The molecule has 0 radical (unpaired) electrons. The van der Waals surface area contributed by atoms with E-state index in [1.807, 2.05) is 16.2 Å². The molecule has 0 aliphatic carbocycles. The van der Waals surface area contributed by atoms with E-state index >= 15 is 0 Å². The number of hydrogen-bond acceptors (Lipinski definition) is 5. The van der Waals surface area contributed by atoms with Crippen LogP contribution in [0.1, 0.15) is 45.7 Å². The lowest BCUT2D eigenvalue weighted by Gasteiger charge is -2.21. The molecule has 1 atom stereocenters. The fourth-order valence-electron chi connectivity index (χ4n) is 3.56. The molecule has 4 heterocycles. The van der Waals surface area contributed by atoms with Crippen LogP contribution in [-0.4, -0.2) is 48.5 Å². The molecule has 134 valence electrons. The van der Waals surface area contributed by atoms with Crippen LogP contribution in [0.2, 0.25) is 0 Å². The van der Waals surface area contributed by atoms with Crippen molar-refractivity contribution in [2.75, 3.05) is 32.8 Å². The van der Waals surface area contributed by atoms with Gasteiger partial charge in [0, 0.05) is 49.1 Å². The second-order valence-corrected chi connectivity index (χ2v) is 7.90. The summed E-state index contributed by atoms with van der Waals surface area (Å²) in [4.78, 5) is 19.5. The van der Waals surface area contributed by atoms with E-state index < -0.39 is 0 Å². The Bertz CT molecular complexity index is 691. The Kier molecular flexibility index (Phi) is 5.20. The highest BCUT2D eigenvalue weighted by Gasteiger charge is 2.23. The van der Waals surface area contributed by atoms with E-state index in [2.05, 4.69) is 17.0 Å². The molecular formula is C19H24N2O3S. The maximum Gasteiger partial charge on any atom is 0.289 e. The Balaban J connectivity index is 1.33. The summed E-state index contributed by atoms with van der Waals surface area (Å²) in [7, 11) is 0. The third-order valence-electron chi connectivity index (χ3n) is 4.92. The van der Waals surface area contributed by atoms with Gasteiger partial charge in [-0.3, -0.25) is 9.69 Å². The number of ether oxygens (including phenoxy) is 1. The average Bonchev–Trinajstić information content (AvgIpc) is 3.36. The quantitative estimate of drug-likeness (QED) is 0.837. The zero-order valence-corrected chi connectivity index (χ0v) is 15.2. The zero-order valence-electron chi connectivity index (χ0n) is 14.4. The smallest absolute Gasteiger partial charge is 0.289 e. The van der Waals surface area contributed by atoms with Crippen molar-refractivity contribution in [2.24, 2.45) is 0 Å². The van der Waals surface area contributed by atoms with Crippen molar-refractivity contribution in [2.45, 2.75) is 31.9 Å². The molecule has 0 spiro atoms. The molecule has 0 aromatic carbocycles. The minimum absolute atomic E-state index is 0.00337. The second kappa shape index (κ2) is 7.72. The Morgan fingerprint density at radius 2 is 2.12 bits per heavy atom. The predicted octanol–water partition coefficient (Wildman–Crippen LogP) is 3.54. The summed E-state index contributed by atoms with van der Waals surface area (Å²) in [5, 5.41) is 0. The molecule has 1 unspecified atom stereocenters. The number of thiophene rings is 1. The molecule has 2 aromatic rings. The molecule has 2 aliphatic heterocycles. The highest BCUT2D eigenvalue weighted by molar-refractivity contribution is 7.12. The van der Waals surface area contributed by atoms with Crippen LogP contribution in [0.15, 0.2) is 34.9 Å². The van der Waals surface area contributed by atoms with Crippen molar-refractivity contribution < 1.29 is 13.9 Å². The molecule has 1 amide bonds. The fourth-order valence-corrected chi connectivity index (χ4v) is 4.70. The van der Waals surface area contributed by atoms with Gasteiger partial charge in [-0.1, -0.05) is 0 Å². The summed E-state index contributed by atoms with van der Waals surface area (Å²) in [6.07, 6.45) is 5.18. The van der Waals surface area contributed by atoms with Gasteiger partial charge in [-0.25, -0.2) is 0 Å². The van der Waals surface area contributed by atoms with E-state index in [0.717, 1.165) is 52.2 Å². The monoisotopic (exact) mass is 360 g/mol. The van der Waals surface area contributed by atoms with Crippen LogP contribution >= 0.6 is 11.3 Å². The van der Waals surface area contributed by atoms with Crippen molar-refractivity contribution in [1.29, 1.82) is 0 Å². The molecule has 0 N–H and O–H groups in total. The van der Waals surface area contributed by atoms with Crippen LogP contribution < -0.4 is 0 Å². The summed E-state index contributed by atoms with van der Waals surface area (Å²) >= 11 is 1.87. The lowest BCUT2D eigenvalue weighted by Crippen LogP contribution is -2.34. The first-order chi connectivity index (χ1) is 12.3. The molecule has 2 aromatic heterocycles. The van der Waals surface area contributed by atoms with Gasteiger partial charge in [0.05, 0.1) is 12.4 Å². The van der Waals surface area contributed by atoms with Gasteiger partial charge < -0.3 is 14.1 Å². The Morgan fingerprint density at radius 1 is 1.16 bits per heavy atom. The van der Waals surface area contributed by atoms with Gasteiger partial charge in [0.2, 0.25) is 0 Å². The second-order valence-electron chi connectivity index (χ2n) is 6.70. The zero-order chi connectivity index (χ0) is 17.1. The van der Waals surface area contributed by atoms with E-state index in [1.54, 1.807) is 18.4 Å². The molecule has 2 fully saturated rings. The van der Waals surface area contributed by atoms with Gasteiger partial charge >= 0.3 is 0 Å². The third kappa shape index (κ3) is 3.97. The summed E-state index contributed by atoms with van der Waals surface area (Å²) in [5.74, 6) is 0.441. The number of carbonyl (C=O) groups is 1. The predicted molar refractivity (Wildman–Crippen MR) is 96.8 cm³/mol. The van der Waals surface area contributed by atoms with E-state index in [9.17, 15) is 4.79 Å². The lowest BCUT2D eigenvalue weighted by atomic mass is 10.2. The van der Waals surface area contributed by atoms with Crippen LogP contribution in [0, 0.1) is 0 Å². The number of carbonyl (C=O) groups excluding carboxylic acids is 1. The minimum Gasteiger partial charge on any atom is -0.459 e. The molecule has 2 saturated heterocycles. The largest absolute Gasteiger partial charge is 0.459 e. The summed E-state index contributed by atoms with van der Waals surface area (Å²) < 4.78 is 11.0. The van der Waals surface area contributed by atoms with Crippen molar-refractivity contribution in [1.82, 2.24) is 9.80 Å². The maximum atomic E-state index is 12.4. The first kappa shape index (κ1) is 16.8. The van der Waals surface area contributed by atoms with Gasteiger partial charge in [-0.2, -0.15) is 0 Å². The van der Waals surface area contributed by atoms with Crippen LogP contribution in [0.25, 0.3) is 0 Å². The SMILES string of the molecule is O=C(c1ccco1)N1CCCN(Cc2ccc(C3CCCO3)s2)CC1. The first-order valence-electron chi connectivity index (χ1n) is 9.05. The molecule has 5 nitrogen and oxygen atoms in total. The highest BCUT2D eigenvalue weighted by atomic mass is 32.1. The van der Waals surface area contributed by atoms with E-state index in [0.29, 0.717) is 11.9 Å². The Labute approximate surface area is 152 Å². The molecule has 25 heavy (non-hydrogen) atoms. The van der Waals surface area contributed by atoms with E-state index in [4.69, 9.17) is 9.15 Å². The Morgan fingerprint density at radius 3 is 2.92 bits per heavy atom. The molecule has 0 saturated carbocycles. The number of furan rings is 1. The summed E-state index contributed by atoms with van der Waals surface area (Å²) in [6.45, 7) is 5.32. The molecular weight excluding hydrogens is 336 g/mol. The fraction of sp³-hybridized carbons (Fsp3) is 0.526. The average molecular weight is 360 g/mol. The van der Waals surface area contributed by atoms with Crippen LogP contribution in [-0.2, 0) is 11.3 Å². The number of amides is 1. The third-order valence-corrected chi connectivity index (χ3v) is 6.08. The highest BCUT2D eigenvalue weighted by Crippen LogP contribution is 2.33. The number of rotatable bonds is 4. The number of nitrogens with zero attached hydrogens (tertiary/aromatic N) is 2. The topological polar surface area (TPSA) is 45.9 Å². The molecule has 2 aliphatic rings. The van der Waals surface area contributed by atoms with Gasteiger partial charge in [-0.05, 0) is 43.5 Å². The van der Waals surface area contributed by atoms with Crippen molar-refractivity contribution in [3.8, 4) is 0 Å². The number of hydrogen-bond donors (Lipinski definition) is 0. The van der Waals surface area contributed by atoms with Crippen molar-refractivity contribution >= 4 is 17.2 Å². The van der Waals surface area contributed by atoms with Gasteiger partial charge in [0.15, 0.2) is 5.76 Å². The van der Waals surface area contributed by atoms with Gasteiger partial charge in [0.1, 0.15) is 0 Å². The normalized spacial score (nSPS) is 22.2. The molecule has 6 heteroatoms. The van der Waals surface area contributed by atoms with E-state index in [-0.39, 0.29) is 5.91 Å². The Hall–Kier alpha value is -1.63. The van der Waals surface area contributed by atoms with Crippen LogP contribution in [0.5, 0.6) is 0 Å². The summed E-state index contributed by atoms with van der Waals surface area (Å²) in [6, 6.07) is 7.96. The van der Waals surface area contributed by atoms with Crippen molar-refractivity contribution in [3.63, 3.8) is 0 Å². The molecule has 4 rings (SSSR count). The standard InChI is InChI=1S/C19H24N2O3S/c22-19(17-5-2-13-24-17)21-9-3-8-20(10-11-21)14-15-6-7-18(25-15)16-4-1-12-23-16/h2,5-7,13,16H,1,3-4,8-12,14H2. The lowest BCUT2D eigenvalue weighted by molar-refractivity contribution is 0.0729. The molecule has 0 bridgehead atoms. The van der Waals surface area contributed by atoms with Crippen LogP contribution in [0.4, 0.5) is 0 Å². The van der Waals surface area contributed by atoms with E-state index in [1.165, 1.54) is 16.2 Å².